The van der Waals surface area contributed by atoms with Crippen LogP contribution in [0.25, 0.3) is 11.1 Å². The minimum Gasteiger partial charge on any atom is -0.392 e. The van der Waals surface area contributed by atoms with Crippen LogP contribution >= 0.6 is 0 Å². The number of aliphatic hydroxyl groups is 2. The summed E-state index contributed by atoms with van der Waals surface area (Å²) in [5.41, 5.74) is 5.96. The molecule has 2 aliphatic heterocycles. The van der Waals surface area contributed by atoms with Gasteiger partial charge in [-0.15, -0.1) is 0 Å². The van der Waals surface area contributed by atoms with Crippen LogP contribution in [0.5, 0.6) is 0 Å². The maximum Gasteiger partial charge on any atom is 0.471 e. The van der Waals surface area contributed by atoms with E-state index in [2.05, 4.69) is 17.1 Å². The lowest BCUT2D eigenvalue weighted by molar-refractivity contribution is -0.276. The Morgan fingerprint density at radius 1 is 0.909 bits per heavy atom. The number of halogens is 3. The Hall–Kier alpha value is -4.59. The number of rotatable bonds is 12. The van der Waals surface area contributed by atoms with Crippen LogP contribution in [0, 0.1) is 5.92 Å². The first kappa shape index (κ1) is 40.1. The third kappa shape index (κ3) is 9.45. The Kier molecular flexibility index (Phi) is 12.7. The second kappa shape index (κ2) is 17.5. The fraction of sp³-hybridized carbons (Fsp3) is 0.395. The fourth-order valence-electron chi connectivity index (χ4n) is 7.39. The third-order valence-corrected chi connectivity index (χ3v) is 10.9. The van der Waals surface area contributed by atoms with Crippen molar-refractivity contribution in [3.63, 3.8) is 0 Å². The second-order valence-corrected chi connectivity index (χ2v) is 14.6. The predicted octanol–water partition coefficient (Wildman–Crippen LogP) is 6.86. The van der Waals surface area contributed by atoms with Crippen molar-refractivity contribution in [2.45, 2.75) is 82.7 Å². The normalized spacial score (nSPS) is 22.7. The summed E-state index contributed by atoms with van der Waals surface area (Å²) < 4.78 is 52.5. The molecule has 12 heteroatoms. The Morgan fingerprint density at radius 2 is 1.60 bits per heavy atom. The van der Waals surface area contributed by atoms with Gasteiger partial charge in [0.15, 0.2) is 6.29 Å². The van der Waals surface area contributed by atoms with Crippen LogP contribution in [0.1, 0.15) is 73.0 Å². The van der Waals surface area contributed by atoms with Gasteiger partial charge in [-0.25, -0.2) is 0 Å². The number of likely N-dealkylation sites (tertiary alicyclic amines) is 1. The van der Waals surface area contributed by atoms with Crippen molar-refractivity contribution >= 4 is 11.8 Å². The van der Waals surface area contributed by atoms with Gasteiger partial charge in [0.05, 0.1) is 24.9 Å². The zero-order valence-corrected chi connectivity index (χ0v) is 31.2. The standard InChI is InChI=1S/C43H48F3N3O6/c1-27-37(25-48(3)28(2)38(51)32-10-5-4-6-11-32)54-41(55-39(27)33-16-14-29(26-50)15-17-33)34-20-18-31(19-21-34)35-12-7-9-30(23-35)24-47-40(52)36-13-8-22-49(36)42(53)43(44,45)46/h4-7,9-12,14-21,23,27-28,36-39,41,50-51H,8,13,22,24-26H2,1-3H3,(H,47,52). The highest BCUT2D eigenvalue weighted by molar-refractivity contribution is 5.90. The molecule has 3 N–H and O–H groups in total. The molecule has 0 radical (unpaired) electrons. The van der Waals surface area contributed by atoms with E-state index in [9.17, 15) is 33.0 Å². The SMILES string of the molecule is CC1C(CN(C)C(C)C(O)c2ccccc2)OC(c2ccc(-c3cccc(CNC(=O)C4CCCN4C(=O)C(F)(F)F)c3)cc2)OC1c1ccc(CO)cc1. The maximum absolute atomic E-state index is 13.1. The molecule has 7 unspecified atom stereocenters. The topological polar surface area (TPSA) is 112 Å². The second-order valence-electron chi connectivity index (χ2n) is 14.6. The number of benzene rings is 4. The first-order valence-corrected chi connectivity index (χ1v) is 18.6. The number of hydrogen-bond donors (Lipinski definition) is 3. The molecule has 2 saturated heterocycles. The molecular weight excluding hydrogens is 711 g/mol. The number of ether oxygens (including phenoxy) is 2. The number of nitrogens with zero attached hydrogens (tertiary/aromatic N) is 2. The molecule has 9 nitrogen and oxygen atoms in total. The molecular formula is C43H48F3N3O6. The van der Waals surface area contributed by atoms with E-state index in [1.165, 1.54) is 0 Å². The molecule has 2 amide bonds. The van der Waals surface area contributed by atoms with Crippen LogP contribution in [0.15, 0.2) is 103 Å². The minimum atomic E-state index is -5.03. The molecule has 0 spiro atoms. The number of hydrogen-bond acceptors (Lipinski definition) is 7. The van der Waals surface area contributed by atoms with E-state index < -0.39 is 36.4 Å². The zero-order chi connectivity index (χ0) is 39.3. The van der Waals surface area contributed by atoms with Gasteiger partial charge in [0, 0.05) is 37.2 Å². The number of likely N-dealkylation sites (N-methyl/N-ethyl adjacent to an activating group) is 1. The highest BCUT2D eigenvalue weighted by atomic mass is 19.4. The molecule has 2 aliphatic rings. The van der Waals surface area contributed by atoms with E-state index in [-0.39, 0.29) is 50.3 Å². The first-order chi connectivity index (χ1) is 26.3. The van der Waals surface area contributed by atoms with Crippen molar-refractivity contribution in [2.75, 3.05) is 20.1 Å². The largest absolute Gasteiger partial charge is 0.471 e. The minimum absolute atomic E-state index is 0.0517. The molecule has 0 saturated carbocycles. The van der Waals surface area contributed by atoms with Gasteiger partial charge in [-0.2, -0.15) is 13.2 Å². The van der Waals surface area contributed by atoms with Crippen LogP contribution in [0.3, 0.4) is 0 Å². The third-order valence-electron chi connectivity index (χ3n) is 10.9. The maximum atomic E-state index is 13.1. The van der Waals surface area contributed by atoms with Gasteiger partial charge in [-0.05, 0) is 66.3 Å². The quantitative estimate of drug-likeness (QED) is 0.145. The van der Waals surface area contributed by atoms with Gasteiger partial charge in [-0.1, -0.05) is 104 Å². The molecule has 2 heterocycles. The Labute approximate surface area is 319 Å². The summed E-state index contributed by atoms with van der Waals surface area (Å²) in [6.07, 6.45) is -6.47. The molecule has 0 bridgehead atoms. The number of amides is 2. The van der Waals surface area contributed by atoms with Gasteiger partial charge in [0.2, 0.25) is 5.91 Å². The summed E-state index contributed by atoms with van der Waals surface area (Å²) in [4.78, 5) is 27.4. The number of carbonyl (C=O) groups is 2. The monoisotopic (exact) mass is 759 g/mol. The number of alkyl halides is 3. The summed E-state index contributed by atoms with van der Waals surface area (Å²) in [5, 5.41) is 23.5. The summed E-state index contributed by atoms with van der Waals surface area (Å²) in [6, 6.07) is 31.3. The lowest BCUT2D eigenvalue weighted by atomic mass is 9.89. The van der Waals surface area contributed by atoms with Crippen LogP contribution in [0.2, 0.25) is 0 Å². The number of aliphatic hydroxyl groups excluding tert-OH is 2. The van der Waals surface area contributed by atoms with E-state index in [0.717, 1.165) is 38.9 Å². The highest BCUT2D eigenvalue weighted by Crippen LogP contribution is 2.42. The number of carbonyl (C=O) groups excluding carboxylic acids is 2. The van der Waals surface area contributed by atoms with Crippen LogP contribution in [-0.4, -0.2) is 76.3 Å². The van der Waals surface area contributed by atoms with Crippen LogP contribution in [-0.2, 0) is 32.2 Å². The van der Waals surface area contributed by atoms with Crippen molar-refractivity contribution in [2.24, 2.45) is 5.92 Å². The molecule has 6 rings (SSSR count). The molecule has 292 valence electrons. The molecule has 55 heavy (non-hydrogen) atoms. The molecule has 0 aromatic heterocycles. The van der Waals surface area contributed by atoms with Gasteiger partial charge >= 0.3 is 12.1 Å². The van der Waals surface area contributed by atoms with Gasteiger partial charge in [0.25, 0.3) is 0 Å². The van der Waals surface area contributed by atoms with E-state index in [4.69, 9.17) is 9.47 Å². The Balaban J connectivity index is 1.16. The summed E-state index contributed by atoms with van der Waals surface area (Å²) in [6.45, 7) is 4.56. The smallest absolute Gasteiger partial charge is 0.392 e. The zero-order valence-electron chi connectivity index (χ0n) is 31.2. The molecule has 4 aromatic rings. The van der Waals surface area contributed by atoms with Crippen molar-refractivity contribution in [3.05, 3.63) is 131 Å². The van der Waals surface area contributed by atoms with E-state index in [1.807, 2.05) is 117 Å². The molecule has 2 fully saturated rings. The molecule has 7 atom stereocenters. The average Bonchev–Trinajstić information content (AvgIpc) is 3.70. The van der Waals surface area contributed by atoms with Crippen LogP contribution in [0.4, 0.5) is 13.2 Å². The van der Waals surface area contributed by atoms with Gasteiger partial charge in [0.1, 0.15) is 6.04 Å². The lowest BCUT2D eigenvalue weighted by Crippen LogP contribution is -2.50. The average molecular weight is 760 g/mol. The Morgan fingerprint density at radius 3 is 2.27 bits per heavy atom. The van der Waals surface area contributed by atoms with Crippen molar-refractivity contribution in [3.8, 4) is 11.1 Å². The summed E-state index contributed by atoms with van der Waals surface area (Å²) >= 11 is 0. The lowest BCUT2D eigenvalue weighted by Gasteiger charge is -2.43. The van der Waals surface area contributed by atoms with Crippen LogP contribution < -0.4 is 5.32 Å². The molecule has 4 aromatic carbocycles. The predicted molar refractivity (Wildman–Crippen MR) is 201 cm³/mol. The molecule has 0 aliphatic carbocycles. The van der Waals surface area contributed by atoms with Crippen molar-refractivity contribution in [1.82, 2.24) is 15.1 Å². The fourth-order valence-corrected chi connectivity index (χ4v) is 7.39. The first-order valence-electron chi connectivity index (χ1n) is 18.6. The van der Waals surface area contributed by atoms with E-state index >= 15 is 0 Å². The Bertz CT molecular complexity index is 1890. The van der Waals surface area contributed by atoms with Gasteiger partial charge in [-0.3, -0.25) is 14.5 Å². The van der Waals surface area contributed by atoms with Crippen molar-refractivity contribution < 1.29 is 42.4 Å². The van der Waals surface area contributed by atoms with E-state index in [0.29, 0.717) is 17.9 Å². The number of nitrogens with one attached hydrogen (secondary N) is 1. The van der Waals surface area contributed by atoms with E-state index in [1.54, 1.807) is 0 Å². The highest BCUT2D eigenvalue weighted by Gasteiger charge is 2.47. The summed E-state index contributed by atoms with van der Waals surface area (Å²) in [5.74, 6) is -2.65. The summed E-state index contributed by atoms with van der Waals surface area (Å²) in [7, 11) is 1.98. The van der Waals surface area contributed by atoms with Gasteiger partial charge < -0.3 is 29.9 Å². The van der Waals surface area contributed by atoms with Crippen molar-refractivity contribution in [1.29, 1.82) is 0 Å².